The maximum Gasteiger partial charge on any atom is 0.410 e. The molecule has 1 heterocycles. The molecule has 1 unspecified atom stereocenters. The van der Waals surface area contributed by atoms with Gasteiger partial charge in [-0.2, -0.15) is 0 Å². The van der Waals surface area contributed by atoms with E-state index in [1.165, 1.54) is 11.8 Å². The molecule has 0 aliphatic carbocycles. The first-order valence-corrected chi connectivity index (χ1v) is 14.9. The van der Waals surface area contributed by atoms with E-state index in [4.69, 9.17) is 28.4 Å². The van der Waals surface area contributed by atoms with Gasteiger partial charge >= 0.3 is 18.0 Å². The van der Waals surface area contributed by atoms with E-state index in [1.54, 1.807) is 66.3 Å². The van der Waals surface area contributed by atoms with Gasteiger partial charge in [0.1, 0.15) is 23.7 Å². The number of hydrogen-bond donors (Lipinski definition) is 0. The average molecular weight is 638 g/mol. The van der Waals surface area contributed by atoms with E-state index >= 15 is 0 Å². The van der Waals surface area contributed by atoms with Crippen molar-refractivity contribution in [2.45, 2.75) is 65.9 Å². The maximum absolute atomic E-state index is 13.0. The third-order valence-electron chi connectivity index (χ3n) is 6.42. The van der Waals surface area contributed by atoms with Gasteiger partial charge in [-0.05, 0) is 63.1 Å². The number of carbonyl (C=O) groups is 3. The summed E-state index contributed by atoms with van der Waals surface area (Å²) in [7, 11) is 3.14. The fraction of sp³-hybridized carbons (Fsp3) is 0.441. The molecule has 2 aromatic carbocycles. The molecule has 0 N–H and O–H groups in total. The van der Waals surface area contributed by atoms with Crippen LogP contribution in [0.2, 0.25) is 0 Å². The summed E-state index contributed by atoms with van der Waals surface area (Å²) in [5, 5.41) is 0. The van der Waals surface area contributed by atoms with Crippen LogP contribution >= 0.6 is 0 Å². The Balaban J connectivity index is 1.94. The van der Waals surface area contributed by atoms with Crippen LogP contribution in [0.4, 0.5) is 4.79 Å². The molecule has 12 heteroatoms. The molecule has 0 radical (unpaired) electrons. The highest BCUT2D eigenvalue weighted by Gasteiger charge is 2.27. The van der Waals surface area contributed by atoms with Crippen molar-refractivity contribution in [1.29, 1.82) is 0 Å². The lowest BCUT2D eigenvalue weighted by Gasteiger charge is -2.27. The number of methoxy groups -OCH3 is 2. The molecular formula is C34H43N3O9. The highest BCUT2D eigenvalue weighted by atomic mass is 16.6. The zero-order valence-corrected chi connectivity index (χ0v) is 27.5. The number of esters is 2. The SMILES string of the molecule is CCOC(=O)C(Cc1cc(CN(CCOC)C(=O)OC(C)(C)C)ccc1OCc1ccnc(-c2ccccc2OC)n1)OC(C)=O. The van der Waals surface area contributed by atoms with Crippen molar-refractivity contribution in [1.82, 2.24) is 14.9 Å². The Labute approximate surface area is 269 Å². The number of para-hydroxylation sites is 1. The van der Waals surface area contributed by atoms with Crippen molar-refractivity contribution in [2.75, 3.05) is 34.0 Å². The summed E-state index contributed by atoms with van der Waals surface area (Å²) in [6.07, 6.45) is -0.0881. The summed E-state index contributed by atoms with van der Waals surface area (Å²) in [6.45, 7) is 9.27. The third-order valence-corrected chi connectivity index (χ3v) is 6.42. The number of hydrogen-bond acceptors (Lipinski definition) is 11. The van der Waals surface area contributed by atoms with Crippen LogP contribution in [0.1, 0.15) is 51.4 Å². The van der Waals surface area contributed by atoms with E-state index in [0.717, 1.165) is 11.1 Å². The Morgan fingerprint density at radius 1 is 1.00 bits per heavy atom. The highest BCUT2D eigenvalue weighted by molar-refractivity contribution is 5.79. The number of carbonyl (C=O) groups excluding carboxylic acids is 3. The highest BCUT2D eigenvalue weighted by Crippen LogP contribution is 2.28. The zero-order valence-electron chi connectivity index (χ0n) is 27.5. The minimum absolute atomic E-state index is 0.0255. The van der Waals surface area contributed by atoms with Gasteiger partial charge in [0.05, 0.1) is 31.6 Å². The summed E-state index contributed by atoms with van der Waals surface area (Å²) in [6, 6.07) is 14.5. The molecule has 3 aromatic rings. The molecule has 248 valence electrons. The molecule has 1 aromatic heterocycles. The molecule has 1 amide bonds. The van der Waals surface area contributed by atoms with E-state index < -0.39 is 29.7 Å². The van der Waals surface area contributed by atoms with Crippen LogP contribution < -0.4 is 9.47 Å². The molecule has 0 spiro atoms. The smallest absolute Gasteiger partial charge is 0.410 e. The van der Waals surface area contributed by atoms with Gasteiger partial charge in [0.2, 0.25) is 6.10 Å². The first kappa shape index (κ1) is 35.8. The van der Waals surface area contributed by atoms with Crippen molar-refractivity contribution < 1.29 is 42.8 Å². The van der Waals surface area contributed by atoms with Crippen LogP contribution in [0.3, 0.4) is 0 Å². The van der Waals surface area contributed by atoms with Crippen LogP contribution in [0.25, 0.3) is 11.4 Å². The Hall–Kier alpha value is -4.71. The van der Waals surface area contributed by atoms with E-state index in [2.05, 4.69) is 9.97 Å². The molecule has 3 rings (SSSR count). The lowest BCUT2D eigenvalue weighted by atomic mass is 10.0. The second-order valence-electron chi connectivity index (χ2n) is 11.3. The molecule has 0 aliphatic rings. The summed E-state index contributed by atoms with van der Waals surface area (Å²) in [4.78, 5) is 48.2. The summed E-state index contributed by atoms with van der Waals surface area (Å²) >= 11 is 0. The molecule has 0 fully saturated rings. The van der Waals surface area contributed by atoms with E-state index in [-0.39, 0.29) is 26.2 Å². The van der Waals surface area contributed by atoms with Crippen molar-refractivity contribution in [3.8, 4) is 22.9 Å². The topological polar surface area (TPSA) is 136 Å². The van der Waals surface area contributed by atoms with E-state index in [0.29, 0.717) is 41.7 Å². The van der Waals surface area contributed by atoms with E-state index in [9.17, 15) is 14.4 Å². The lowest BCUT2D eigenvalue weighted by molar-refractivity contribution is -0.166. The van der Waals surface area contributed by atoms with Crippen LogP contribution in [0.15, 0.2) is 54.7 Å². The number of benzene rings is 2. The maximum atomic E-state index is 13.0. The van der Waals surface area contributed by atoms with Gasteiger partial charge in [-0.15, -0.1) is 0 Å². The van der Waals surface area contributed by atoms with E-state index in [1.807, 2.05) is 30.3 Å². The number of nitrogens with zero attached hydrogens (tertiary/aromatic N) is 3. The van der Waals surface area contributed by atoms with Crippen molar-refractivity contribution in [3.05, 3.63) is 71.5 Å². The van der Waals surface area contributed by atoms with Gasteiger partial charge in [0.25, 0.3) is 0 Å². The molecule has 0 saturated heterocycles. The molecular weight excluding hydrogens is 594 g/mol. The normalized spacial score (nSPS) is 11.7. The van der Waals surface area contributed by atoms with Gasteiger partial charge in [0, 0.05) is 39.7 Å². The first-order valence-electron chi connectivity index (χ1n) is 14.9. The molecule has 1 atom stereocenters. The van der Waals surface area contributed by atoms with Gasteiger partial charge < -0.3 is 33.3 Å². The Morgan fingerprint density at radius 2 is 1.76 bits per heavy atom. The monoisotopic (exact) mass is 637 g/mol. The fourth-order valence-corrected chi connectivity index (χ4v) is 4.41. The minimum atomic E-state index is -1.21. The van der Waals surface area contributed by atoms with Crippen molar-refractivity contribution >= 4 is 18.0 Å². The second-order valence-corrected chi connectivity index (χ2v) is 11.3. The van der Waals surface area contributed by atoms with Crippen LogP contribution in [0, 0.1) is 0 Å². The Kier molecular flexibility index (Phi) is 13.3. The quantitative estimate of drug-likeness (QED) is 0.162. The summed E-state index contributed by atoms with van der Waals surface area (Å²) in [5.74, 6) is 0.242. The summed E-state index contributed by atoms with van der Waals surface area (Å²) in [5.41, 5.74) is 1.94. The summed E-state index contributed by atoms with van der Waals surface area (Å²) < 4.78 is 33.0. The van der Waals surface area contributed by atoms with Crippen molar-refractivity contribution in [3.63, 3.8) is 0 Å². The number of amides is 1. The van der Waals surface area contributed by atoms with Gasteiger partial charge in [-0.3, -0.25) is 4.79 Å². The van der Waals surface area contributed by atoms with Gasteiger partial charge in [-0.25, -0.2) is 19.6 Å². The third kappa shape index (κ3) is 11.0. The molecule has 12 nitrogen and oxygen atoms in total. The van der Waals surface area contributed by atoms with Crippen molar-refractivity contribution in [2.24, 2.45) is 0 Å². The Morgan fingerprint density at radius 3 is 2.43 bits per heavy atom. The Bertz CT molecular complexity index is 1470. The lowest BCUT2D eigenvalue weighted by Crippen LogP contribution is -2.38. The van der Waals surface area contributed by atoms with Gasteiger partial charge in [0.15, 0.2) is 5.82 Å². The first-order chi connectivity index (χ1) is 21.9. The molecule has 46 heavy (non-hydrogen) atoms. The fourth-order valence-electron chi connectivity index (χ4n) is 4.41. The molecule has 0 saturated carbocycles. The molecule has 0 bridgehead atoms. The van der Waals surface area contributed by atoms with Crippen LogP contribution in [0.5, 0.6) is 11.5 Å². The largest absolute Gasteiger partial charge is 0.496 e. The van der Waals surface area contributed by atoms with Crippen LogP contribution in [-0.4, -0.2) is 78.6 Å². The number of rotatable bonds is 15. The zero-order chi connectivity index (χ0) is 33.7. The number of ether oxygens (including phenoxy) is 6. The number of aromatic nitrogens is 2. The minimum Gasteiger partial charge on any atom is -0.496 e. The standard InChI is InChI=1S/C34H43N3O9/c1-8-43-32(39)30(45-23(2)38)20-25-19-24(21-37(17-18-41-6)33(40)46-34(3,4)5)13-14-28(25)44-22-26-15-16-35-31(36-26)27-11-9-10-12-29(27)42-7/h9-16,19,30H,8,17-18,20-22H2,1-7H3. The van der Waals surface area contributed by atoms with Crippen LogP contribution in [-0.2, 0) is 48.1 Å². The second kappa shape index (κ2) is 17.1. The predicted octanol–water partition coefficient (Wildman–Crippen LogP) is 5.15. The van der Waals surface area contributed by atoms with Gasteiger partial charge in [-0.1, -0.05) is 24.3 Å². The average Bonchev–Trinajstić information content (AvgIpc) is 3.01. The molecule has 0 aliphatic heterocycles. The predicted molar refractivity (Wildman–Crippen MR) is 169 cm³/mol.